The molecule has 0 atom stereocenters. The van der Waals surface area contributed by atoms with Crippen LogP contribution in [-0.2, 0) is 28.9 Å². The topological polar surface area (TPSA) is 105 Å². The fourth-order valence-electron chi connectivity index (χ4n) is 2.27. The van der Waals surface area contributed by atoms with Gasteiger partial charge in [-0.1, -0.05) is 24.2 Å². The number of amides is 1. The second-order valence-corrected chi connectivity index (χ2v) is 5.53. The molecule has 0 radical (unpaired) electrons. The van der Waals surface area contributed by atoms with Crippen molar-refractivity contribution in [3.05, 3.63) is 41.5 Å². The molecule has 128 valence electrons. The predicted octanol–water partition coefficient (Wildman–Crippen LogP) is 2.61. The van der Waals surface area contributed by atoms with Gasteiger partial charge in [0.15, 0.2) is 5.82 Å². The van der Waals surface area contributed by atoms with Crippen molar-refractivity contribution >= 4 is 17.6 Å². The highest BCUT2D eigenvalue weighted by Crippen LogP contribution is 2.12. The summed E-state index contributed by atoms with van der Waals surface area (Å²) in [5.41, 5.74) is 1.25. The van der Waals surface area contributed by atoms with Gasteiger partial charge in [-0.15, -0.1) is 0 Å². The van der Waals surface area contributed by atoms with Crippen LogP contribution in [0.1, 0.15) is 43.5 Å². The minimum absolute atomic E-state index is 0.0685. The number of aromatic nitrogens is 2. The van der Waals surface area contributed by atoms with Gasteiger partial charge in [0.1, 0.15) is 0 Å². The standard InChI is InChI=1S/C17H21N3O4/c1-2-5-14-19-16(24-20-14)9-4-8-15(21)18-13-7-3-6-12(10-13)11-17(22)23/h3,6-7,10H,2,4-5,8-9,11H2,1H3,(H,18,21)(H,22,23). The van der Waals surface area contributed by atoms with Crippen molar-refractivity contribution in [2.45, 2.75) is 45.4 Å². The Morgan fingerprint density at radius 3 is 2.88 bits per heavy atom. The quantitative estimate of drug-likeness (QED) is 0.731. The first-order valence-corrected chi connectivity index (χ1v) is 7.99. The van der Waals surface area contributed by atoms with Gasteiger partial charge >= 0.3 is 5.97 Å². The van der Waals surface area contributed by atoms with Crippen LogP contribution < -0.4 is 5.32 Å². The highest BCUT2D eigenvalue weighted by molar-refractivity contribution is 5.90. The highest BCUT2D eigenvalue weighted by Gasteiger charge is 2.08. The molecule has 1 aromatic heterocycles. The van der Waals surface area contributed by atoms with Gasteiger partial charge in [-0.25, -0.2) is 0 Å². The molecule has 24 heavy (non-hydrogen) atoms. The molecule has 0 fully saturated rings. The lowest BCUT2D eigenvalue weighted by atomic mass is 10.1. The molecule has 0 aliphatic heterocycles. The van der Waals surface area contributed by atoms with Crippen molar-refractivity contribution in [2.24, 2.45) is 0 Å². The SMILES string of the molecule is CCCc1noc(CCCC(=O)Nc2cccc(CC(=O)O)c2)n1. The van der Waals surface area contributed by atoms with Crippen molar-refractivity contribution in [1.82, 2.24) is 10.1 Å². The fourth-order valence-corrected chi connectivity index (χ4v) is 2.27. The Bertz CT molecular complexity index is 697. The molecule has 0 bridgehead atoms. The van der Waals surface area contributed by atoms with Gasteiger partial charge in [-0.2, -0.15) is 4.98 Å². The van der Waals surface area contributed by atoms with E-state index in [2.05, 4.69) is 15.5 Å². The third-order valence-electron chi connectivity index (χ3n) is 3.34. The van der Waals surface area contributed by atoms with Gasteiger partial charge in [0.2, 0.25) is 11.8 Å². The zero-order valence-corrected chi connectivity index (χ0v) is 13.6. The summed E-state index contributed by atoms with van der Waals surface area (Å²) in [5.74, 6) is 0.221. The largest absolute Gasteiger partial charge is 0.481 e. The van der Waals surface area contributed by atoms with Gasteiger partial charge in [-0.05, 0) is 30.5 Å². The Hall–Kier alpha value is -2.70. The van der Waals surface area contributed by atoms with Gasteiger partial charge in [0.05, 0.1) is 6.42 Å². The van der Waals surface area contributed by atoms with Crippen molar-refractivity contribution in [3.8, 4) is 0 Å². The summed E-state index contributed by atoms with van der Waals surface area (Å²) in [5, 5.41) is 15.4. The molecular weight excluding hydrogens is 310 g/mol. The molecule has 0 aliphatic carbocycles. The molecule has 1 heterocycles. The maximum absolute atomic E-state index is 11.9. The number of carboxylic acid groups (broad SMARTS) is 1. The maximum atomic E-state index is 11.9. The first-order valence-electron chi connectivity index (χ1n) is 7.99. The number of aliphatic carboxylic acids is 1. The molecule has 0 saturated heterocycles. The first kappa shape index (κ1) is 17.7. The number of rotatable bonds is 9. The highest BCUT2D eigenvalue weighted by atomic mass is 16.5. The molecule has 0 unspecified atom stereocenters. The zero-order valence-electron chi connectivity index (χ0n) is 13.6. The first-order chi connectivity index (χ1) is 11.6. The smallest absolute Gasteiger partial charge is 0.307 e. The summed E-state index contributed by atoms with van der Waals surface area (Å²) in [6.45, 7) is 2.05. The average Bonchev–Trinajstić information content (AvgIpc) is 2.95. The van der Waals surface area contributed by atoms with Gasteiger partial charge < -0.3 is 14.9 Å². The molecule has 1 aromatic carbocycles. The minimum Gasteiger partial charge on any atom is -0.481 e. The van der Waals surface area contributed by atoms with E-state index in [-0.39, 0.29) is 12.3 Å². The van der Waals surface area contributed by atoms with Crippen LogP contribution in [0.4, 0.5) is 5.69 Å². The number of aryl methyl sites for hydroxylation is 2. The molecular formula is C17H21N3O4. The van der Waals surface area contributed by atoms with E-state index in [0.29, 0.717) is 42.2 Å². The monoisotopic (exact) mass is 331 g/mol. The number of nitrogens with zero attached hydrogens (tertiary/aromatic N) is 2. The molecule has 2 aromatic rings. The fraction of sp³-hybridized carbons (Fsp3) is 0.412. The lowest BCUT2D eigenvalue weighted by molar-refractivity contribution is -0.136. The van der Waals surface area contributed by atoms with Gasteiger partial charge in [0, 0.05) is 24.9 Å². The van der Waals surface area contributed by atoms with Crippen LogP contribution in [0.25, 0.3) is 0 Å². The van der Waals surface area contributed by atoms with Crippen LogP contribution >= 0.6 is 0 Å². The Balaban J connectivity index is 1.77. The summed E-state index contributed by atoms with van der Waals surface area (Å²) >= 11 is 0. The second-order valence-electron chi connectivity index (χ2n) is 5.53. The summed E-state index contributed by atoms with van der Waals surface area (Å²) in [6.07, 6.45) is 3.17. The number of nitrogens with one attached hydrogen (secondary N) is 1. The van der Waals surface area contributed by atoms with E-state index in [0.717, 1.165) is 12.8 Å². The molecule has 1 amide bonds. The van der Waals surface area contributed by atoms with E-state index in [9.17, 15) is 9.59 Å². The lowest BCUT2D eigenvalue weighted by Gasteiger charge is -2.06. The molecule has 2 rings (SSSR count). The normalized spacial score (nSPS) is 10.5. The van der Waals surface area contributed by atoms with E-state index in [1.165, 1.54) is 0 Å². The third kappa shape index (κ3) is 5.83. The molecule has 2 N–H and O–H groups in total. The predicted molar refractivity (Wildman–Crippen MR) is 87.6 cm³/mol. The Morgan fingerprint density at radius 2 is 2.12 bits per heavy atom. The van der Waals surface area contributed by atoms with Crippen molar-refractivity contribution < 1.29 is 19.2 Å². The number of carbonyl (C=O) groups excluding carboxylic acids is 1. The Labute approximate surface area is 140 Å². The van der Waals surface area contributed by atoms with Gasteiger partial charge in [-0.3, -0.25) is 9.59 Å². The van der Waals surface area contributed by atoms with E-state index < -0.39 is 5.97 Å². The van der Waals surface area contributed by atoms with Crippen molar-refractivity contribution in [2.75, 3.05) is 5.32 Å². The van der Waals surface area contributed by atoms with Crippen molar-refractivity contribution in [3.63, 3.8) is 0 Å². The average molecular weight is 331 g/mol. The number of carbonyl (C=O) groups is 2. The second kappa shape index (κ2) is 8.81. The minimum atomic E-state index is -0.902. The number of anilines is 1. The number of carboxylic acids is 1. The number of hydrogen-bond donors (Lipinski definition) is 2. The molecule has 0 aliphatic rings. The molecule has 0 saturated carbocycles. The van der Waals surface area contributed by atoms with Crippen LogP contribution in [-0.4, -0.2) is 27.1 Å². The Kier molecular flexibility index (Phi) is 6.48. The van der Waals surface area contributed by atoms with Gasteiger partial charge in [0.25, 0.3) is 0 Å². The summed E-state index contributed by atoms with van der Waals surface area (Å²) in [7, 11) is 0. The Morgan fingerprint density at radius 1 is 1.29 bits per heavy atom. The summed E-state index contributed by atoms with van der Waals surface area (Å²) < 4.78 is 5.12. The van der Waals surface area contributed by atoms with Crippen LogP contribution in [0.15, 0.2) is 28.8 Å². The zero-order chi connectivity index (χ0) is 17.4. The summed E-state index contributed by atoms with van der Waals surface area (Å²) in [4.78, 5) is 26.9. The number of benzene rings is 1. The lowest BCUT2D eigenvalue weighted by Crippen LogP contribution is -2.12. The van der Waals surface area contributed by atoms with Crippen LogP contribution in [0.3, 0.4) is 0 Å². The maximum Gasteiger partial charge on any atom is 0.307 e. The van der Waals surface area contributed by atoms with Crippen molar-refractivity contribution in [1.29, 1.82) is 0 Å². The van der Waals surface area contributed by atoms with Crippen LogP contribution in [0.5, 0.6) is 0 Å². The van der Waals surface area contributed by atoms with E-state index in [1.807, 2.05) is 6.92 Å². The van der Waals surface area contributed by atoms with Crippen LogP contribution in [0.2, 0.25) is 0 Å². The molecule has 7 heteroatoms. The van der Waals surface area contributed by atoms with E-state index in [4.69, 9.17) is 9.63 Å². The molecule has 7 nitrogen and oxygen atoms in total. The van der Waals surface area contributed by atoms with E-state index in [1.54, 1.807) is 24.3 Å². The summed E-state index contributed by atoms with van der Waals surface area (Å²) in [6, 6.07) is 6.84. The number of hydrogen-bond acceptors (Lipinski definition) is 5. The molecule has 0 spiro atoms. The third-order valence-corrected chi connectivity index (χ3v) is 3.34. The van der Waals surface area contributed by atoms with E-state index >= 15 is 0 Å². The van der Waals surface area contributed by atoms with Crippen LogP contribution in [0, 0.1) is 0 Å².